The van der Waals surface area contributed by atoms with Crippen LogP contribution in [0.1, 0.15) is 27.2 Å². The summed E-state index contributed by atoms with van der Waals surface area (Å²) in [4.78, 5) is 24.5. The molecule has 1 aliphatic carbocycles. The number of benzene rings is 1. The first-order valence-electron chi connectivity index (χ1n) is 7.97. The van der Waals surface area contributed by atoms with Crippen LogP contribution in [0.4, 0.5) is 10.5 Å². The van der Waals surface area contributed by atoms with Gasteiger partial charge < -0.3 is 15.8 Å². The van der Waals surface area contributed by atoms with Gasteiger partial charge in [-0.05, 0) is 39.3 Å². The minimum Gasteiger partial charge on any atom is -0.444 e. The zero-order valence-electron chi connectivity index (χ0n) is 14.9. The number of nitrogens with one attached hydrogen (secondary N) is 2. The average molecular weight is 381 g/mol. The number of rotatable bonds is 5. The smallest absolute Gasteiger partial charge is 0.408 e. The molecule has 1 aromatic carbocycles. The molecule has 0 bridgehead atoms. The maximum Gasteiger partial charge on any atom is 0.408 e. The molecule has 1 aliphatic rings. The fraction of sp³-hybridized carbons (Fsp3) is 0.412. The van der Waals surface area contributed by atoms with Crippen molar-refractivity contribution >= 4 is 27.7 Å². The van der Waals surface area contributed by atoms with Crippen LogP contribution in [0, 0.1) is 5.92 Å². The van der Waals surface area contributed by atoms with E-state index < -0.39 is 39.1 Å². The molecular weight excluding hydrogens is 358 g/mol. The number of para-hydroxylation sites is 1. The first-order valence-corrected chi connectivity index (χ1v) is 9.45. The van der Waals surface area contributed by atoms with Crippen molar-refractivity contribution in [1.29, 1.82) is 0 Å². The second-order valence-corrected chi connectivity index (χ2v) is 8.77. The number of carbonyl (C=O) groups excluding carboxylic acids is 2. The van der Waals surface area contributed by atoms with Crippen LogP contribution in [-0.2, 0) is 19.6 Å². The molecule has 0 heterocycles. The Morgan fingerprint density at radius 3 is 2.46 bits per heavy atom. The van der Waals surface area contributed by atoms with Gasteiger partial charge in [-0.1, -0.05) is 18.2 Å². The van der Waals surface area contributed by atoms with Gasteiger partial charge in [0.2, 0.25) is 0 Å². The summed E-state index contributed by atoms with van der Waals surface area (Å²) in [5, 5.41) is 2.47. The Bertz CT molecular complexity index is 844. The molecule has 0 saturated heterocycles. The van der Waals surface area contributed by atoms with Crippen LogP contribution in [0.2, 0.25) is 0 Å². The van der Waals surface area contributed by atoms with E-state index in [2.05, 4.69) is 11.9 Å². The number of nitrogens with two attached hydrogens (primary N) is 1. The summed E-state index contributed by atoms with van der Waals surface area (Å²) >= 11 is 0. The van der Waals surface area contributed by atoms with Crippen molar-refractivity contribution in [3.05, 3.63) is 36.9 Å². The summed E-state index contributed by atoms with van der Waals surface area (Å²) in [6.45, 7) is 8.65. The number of amides is 2. The van der Waals surface area contributed by atoms with Gasteiger partial charge in [0, 0.05) is 5.92 Å². The van der Waals surface area contributed by atoms with Crippen LogP contribution in [0.3, 0.4) is 0 Å². The van der Waals surface area contributed by atoms with Gasteiger partial charge in [-0.25, -0.2) is 17.9 Å². The largest absolute Gasteiger partial charge is 0.444 e. The highest BCUT2D eigenvalue weighted by atomic mass is 32.2. The fourth-order valence-corrected chi connectivity index (χ4v) is 3.69. The molecule has 9 heteroatoms. The van der Waals surface area contributed by atoms with Crippen LogP contribution >= 0.6 is 0 Å². The number of carbonyl (C=O) groups is 2. The molecule has 1 aromatic rings. The molecule has 2 atom stereocenters. The molecule has 0 aliphatic heterocycles. The summed E-state index contributed by atoms with van der Waals surface area (Å²) < 4.78 is 32.1. The molecule has 0 aromatic heterocycles. The Morgan fingerprint density at radius 1 is 1.35 bits per heavy atom. The summed E-state index contributed by atoms with van der Waals surface area (Å²) in [7, 11) is -4.19. The third kappa shape index (κ3) is 4.16. The van der Waals surface area contributed by atoms with Crippen molar-refractivity contribution in [2.45, 2.75) is 43.2 Å². The van der Waals surface area contributed by atoms with Crippen molar-refractivity contribution in [1.82, 2.24) is 10.0 Å². The molecular formula is C17H23N3O5S. The monoisotopic (exact) mass is 381 g/mol. The van der Waals surface area contributed by atoms with Gasteiger partial charge in [0.05, 0.1) is 5.69 Å². The number of sulfonamides is 1. The minimum atomic E-state index is -4.19. The lowest BCUT2D eigenvalue weighted by atomic mass is 10.2. The summed E-state index contributed by atoms with van der Waals surface area (Å²) in [6.07, 6.45) is 0.899. The Labute approximate surface area is 152 Å². The average Bonchev–Trinajstić information content (AvgIpc) is 3.19. The van der Waals surface area contributed by atoms with Crippen molar-refractivity contribution in [2.24, 2.45) is 5.92 Å². The summed E-state index contributed by atoms with van der Waals surface area (Å²) in [5.74, 6) is -1.27. The van der Waals surface area contributed by atoms with Gasteiger partial charge in [0.25, 0.3) is 15.9 Å². The predicted molar refractivity (Wildman–Crippen MR) is 96.6 cm³/mol. The number of hydrogen-bond acceptors (Lipinski definition) is 6. The van der Waals surface area contributed by atoms with Crippen LogP contribution in [0.15, 0.2) is 41.8 Å². The van der Waals surface area contributed by atoms with Gasteiger partial charge in [-0.3, -0.25) is 4.79 Å². The molecule has 0 unspecified atom stereocenters. The quantitative estimate of drug-likeness (QED) is 0.524. The number of nitrogen functional groups attached to an aromatic ring is 1. The van der Waals surface area contributed by atoms with Crippen molar-refractivity contribution in [3.63, 3.8) is 0 Å². The van der Waals surface area contributed by atoms with E-state index >= 15 is 0 Å². The normalized spacial score (nSPS) is 22.2. The number of anilines is 1. The van der Waals surface area contributed by atoms with Gasteiger partial charge in [0.1, 0.15) is 16.0 Å². The summed E-state index contributed by atoms with van der Waals surface area (Å²) in [6, 6.07) is 5.78. The summed E-state index contributed by atoms with van der Waals surface area (Å²) in [5.41, 5.74) is 3.51. The molecule has 2 rings (SSSR count). The first-order chi connectivity index (χ1) is 11.9. The van der Waals surface area contributed by atoms with E-state index in [9.17, 15) is 18.0 Å². The third-order valence-electron chi connectivity index (χ3n) is 3.86. The van der Waals surface area contributed by atoms with Gasteiger partial charge in [-0.15, -0.1) is 6.58 Å². The maximum absolute atomic E-state index is 12.6. The van der Waals surface area contributed by atoms with E-state index in [0.717, 1.165) is 0 Å². The van der Waals surface area contributed by atoms with Gasteiger partial charge in [-0.2, -0.15) is 0 Å². The van der Waals surface area contributed by atoms with E-state index in [4.69, 9.17) is 10.5 Å². The van der Waals surface area contributed by atoms with E-state index in [1.165, 1.54) is 24.3 Å². The van der Waals surface area contributed by atoms with Gasteiger partial charge >= 0.3 is 6.09 Å². The topological polar surface area (TPSA) is 128 Å². The SMILES string of the molecule is C=C[C@@H]1C[C@@]1(NC(=O)OC(C)(C)C)C(=O)NS(=O)(=O)c1ccccc1N. The molecule has 2 amide bonds. The maximum atomic E-state index is 12.6. The molecule has 1 fully saturated rings. The second-order valence-electron chi connectivity index (χ2n) is 7.12. The molecule has 142 valence electrons. The zero-order chi connectivity index (χ0) is 19.8. The van der Waals surface area contributed by atoms with E-state index in [-0.39, 0.29) is 17.0 Å². The molecule has 8 nitrogen and oxygen atoms in total. The Morgan fingerprint density at radius 2 is 1.96 bits per heavy atom. The van der Waals surface area contributed by atoms with E-state index in [0.29, 0.717) is 0 Å². The highest BCUT2D eigenvalue weighted by Crippen LogP contribution is 2.45. The van der Waals surface area contributed by atoms with E-state index in [1.54, 1.807) is 26.8 Å². The number of ether oxygens (including phenoxy) is 1. The minimum absolute atomic E-state index is 0.0121. The van der Waals surface area contributed by atoms with Crippen LogP contribution in [0.25, 0.3) is 0 Å². The Kier molecular flexibility index (Phi) is 5.05. The molecule has 26 heavy (non-hydrogen) atoms. The predicted octanol–water partition coefficient (Wildman–Crippen LogP) is 1.54. The highest BCUT2D eigenvalue weighted by molar-refractivity contribution is 7.90. The second kappa shape index (κ2) is 6.64. The van der Waals surface area contributed by atoms with Gasteiger partial charge in [0.15, 0.2) is 0 Å². The lowest BCUT2D eigenvalue weighted by molar-refractivity contribution is -0.122. The van der Waals surface area contributed by atoms with Crippen molar-refractivity contribution in [3.8, 4) is 0 Å². The van der Waals surface area contributed by atoms with E-state index in [1.807, 2.05) is 4.72 Å². The fourth-order valence-electron chi connectivity index (χ4n) is 2.51. The lowest BCUT2D eigenvalue weighted by Gasteiger charge is -2.23. The van der Waals surface area contributed by atoms with Crippen molar-refractivity contribution < 1.29 is 22.7 Å². The molecule has 4 N–H and O–H groups in total. The molecule has 0 radical (unpaired) electrons. The lowest BCUT2D eigenvalue weighted by Crippen LogP contribution is -2.52. The Balaban J connectivity index is 2.21. The van der Waals surface area contributed by atoms with Crippen LogP contribution < -0.4 is 15.8 Å². The molecule has 1 saturated carbocycles. The Hall–Kier alpha value is -2.55. The van der Waals surface area contributed by atoms with Crippen molar-refractivity contribution in [2.75, 3.05) is 5.73 Å². The first kappa shape index (κ1) is 19.8. The number of hydrogen-bond donors (Lipinski definition) is 3. The molecule has 0 spiro atoms. The zero-order valence-corrected chi connectivity index (χ0v) is 15.7. The third-order valence-corrected chi connectivity index (χ3v) is 5.27. The van der Waals surface area contributed by atoms with Crippen LogP contribution in [0.5, 0.6) is 0 Å². The standard InChI is InChI=1S/C17H23N3O5S/c1-5-11-10-17(11,19-15(22)25-16(2,3)4)14(21)20-26(23,24)13-9-7-6-8-12(13)18/h5-9,11H,1,10,18H2,2-4H3,(H,19,22)(H,20,21)/t11-,17+/m1/s1. The van der Waals surface area contributed by atoms with Crippen LogP contribution in [-0.4, -0.2) is 31.6 Å². The highest BCUT2D eigenvalue weighted by Gasteiger charge is 2.61. The number of alkyl carbamates (subject to hydrolysis) is 1.